The van der Waals surface area contributed by atoms with Gasteiger partial charge in [-0.3, -0.25) is 0 Å². The van der Waals surface area contributed by atoms with Gasteiger partial charge in [0.1, 0.15) is 5.75 Å². The lowest BCUT2D eigenvalue weighted by Gasteiger charge is -2.37. The average Bonchev–Trinajstić information content (AvgIpc) is 2.89. The molecule has 21 heavy (non-hydrogen) atoms. The van der Waals surface area contributed by atoms with Gasteiger partial charge in [0.2, 0.25) is 0 Å². The van der Waals surface area contributed by atoms with Gasteiger partial charge in [-0.25, -0.2) is 0 Å². The normalized spacial score (nSPS) is 20.2. The number of benzene rings is 2. The minimum absolute atomic E-state index is 0.393. The lowest BCUT2D eigenvalue weighted by molar-refractivity contribution is 0.474. The zero-order chi connectivity index (χ0) is 14.4. The van der Waals surface area contributed by atoms with Gasteiger partial charge in [0.15, 0.2) is 0 Å². The molecule has 1 aliphatic heterocycles. The van der Waals surface area contributed by atoms with Crippen LogP contribution in [0.4, 0.5) is 5.69 Å². The third-order valence-electron chi connectivity index (χ3n) is 4.94. The molecule has 2 aliphatic rings. The van der Waals surface area contributed by atoms with E-state index in [1.165, 1.54) is 40.8 Å². The van der Waals surface area contributed by atoms with E-state index in [2.05, 4.69) is 36.1 Å². The van der Waals surface area contributed by atoms with E-state index in [-0.39, 0.29) is 0 Å². The number of hydrogen-bond acceptors (Lipinski definition) is 2. The Hall–Kier alpha value is -1.96. The van der Waals surface area contributed by atoms with Crippen molar-refractivity contribution < 1.29 is 5.11 Å². The van der Waals surface area contributed by atoms with E-state index in [4.69, 9.17) is 0 Å². The molecule has 4 rings (SSSR count). The first-order chi connectivity index (χ1) is 10.2. The van der Waals surface area contributed by atoms with Crippen molar-refractivity contribution >= 4 is 5.69 Å². The van der Waals surface area contributed by atoms with Crippen molar-refractivity contribution in [2.24, 2.45) is 0 Å². The van der Waals surface area contributed by atoms with E-state index in [0.717, 1.165) is 19.4 Å². The van der Waals surface area contributed by atoms with E-state index in [1.807, 2.05) is 12.1 Å². The summed E-state index contributed by atoms with van der Waals surface area (Å²) < 4.78 is 0. The van der Waals surface area contributed by atoms with E-state index in [1.54, 1.807) is 0 Å². The van der Waals surface area contributed by atoms with Crippen molar-refractivity contribution in [1.82, 2.24) is 0 Å². The third-order valence-corrected chi connectivity index (χ3v) is 4.94. The number of hydrogen-bond donors (Lipinski definition) is 1. The molecule has 1 atom stereocenters. The second kappa shape index (κ2) is 4.80. The zero-order valence-corrected chi connectivity index (χ0v) is 12.5. The Morgan fingerprint density at radius 1 is 1.05 bits per heavy atom. The second-order valence-corrected chi connectivity index (χ2v) is 6.37. The summed E-state index contributed by atoms with van der Waals surface area (Å²) in [6.45, 7) is 3.31. The van der Waals surface area contributed by atoms with Gasteiger partial charge in [-0.05, 0) is 67.5 Å². The Morgan fingerprint density at radius 3 is 2.86 bits per heavy atom. The molecule has 0 bridgehead atoms. The molecule has 1 N–H and O–H groups in total. The quantitative estimate of drug-likeness (QED) is 0.848. The first kappa shape index (κ1) is 12.8. The monoisotopic (exact) mass is 279 g/mol. The zero-order valence-electron chi connectivity index (χ0n) is 12.5. The number of phenolic OH excluding ortho intramolecular Hbond substituents is 1. The Bertz CT molecular complexity index is 692. The lowest BCUT2D eigenvalue weighted by atomic mass is 9.96. The molecule has 1 unspecified atom stereocenters. The summed E-state index contributed by atoms with van der Waals surface area (Å²) in [5, 5.41) is 9.67. The van der Waals surface area contributed by atoms with E-state index < -0.39 is 0 Å². The van der Waals surface area contributed by atoms with Crippen LogP contribution in [0.1, 0.15) is 41.1 Å². The van der Waals surface area contributed by atoms with Crippen LogP contribution in [0.25, 0.3) is 0 Å². The minimum atomic E-state index is 0.393. The van der Waals surface area contributed by atoms with Crippen LogP contribution in [0, 0.1) is 6.92 Å². The fourth-order valence-corrected chi connectivity index (χ4v) is 3.98. The number of rotatable bonds is 1. The van der Waals surface area contributed by atoms with Crippen LogP contribution in [0.5, 0.6) is 5.75 Å². The van der Waals surface area contributed by atoms with Crippen molar-refractivity contribution in [1.29, 1.82) is 0 Å². The standard InChI is InChI=1S/C19H21NO/c1-13-4-8-18-15(11-13)3-2-10-20(18)19-9-5-14-12-16(21)6-7-17(14)19/h4,6-8,11-12,19,21H,2-3,5,9-10H2,1H3. The number of phenols is 1. The van der Waals surface area contributed by atoms with E-state index in [0.29, 0.717) is 11.8 Å². The van der Waals surface area contributed by atoms with E-state index >= 15 is 0 Å². The predicted molar refractivity (Wildman–Crippen MR) is 86.0 cm³/mol. The Labute approximate surface area is 126 Å². The summed E-state index contributed by atoms with van der Waals surface area (Å²) in [5.74, 6) is 0.393. The lowest BCUT2D eigenvalue weighted by Crippen LogP contribution is -2.32. The molecule has 0 aromatic heterocycles. The van der Waals surface area contributed by atoms with Crippen LogP contribution in [0.3, 0.4) is 0 Å². The maximum absolute atomic E-state index is 9.67. The summed E-state index contributed by atoms with van der Waals surface area (Å²) >= 11 is 0. The molecule has 0 fully saturated rings. The molecule has 1 heterocycles. The maximum Gasteiger partial charge on any atom is 0.115 e. The number of fused-ring (bicyclic) bond motifs is 2. The molecule has 0 spiro atoms. The molecule has 0 saturated carbocycles. The van der Waals surface area contributed by atoms with Gasteiger partial charge in [-0.15, -0.1) is 0 Å². The number of nitrogens with zero attached hydrogens (tertiary/aromatic N) is 1. The highest BCUT2D eigenvalue weighted by atomic mass is 16.3. The van der Waals surface area contributed by atoms with Gasteiger partial charge in [0.05, 0.1) is 6.04 Å². The van der Waals surface area contributed by atoms with Crippen LogP contribution < -0.4 is 4.90 Å². The molecule has 1 aliphatic carbocycles. The smallest absolute Gasteiger partial charge is 0.115 e. The Kier molecular flexibility index (Phi) is 2.91. The molecule has 0 amide bonds. The predicted octanol–water partition coefficient (Wildman–Crippen LogP) is 4.14. The molecule has 2 aromatic carbocycles. The van der Waals surface area contributed by atoms with Gasteiger partial charge in [0.25, 0.3) is 0 Å². The molecule has 108 valence electrons. The fraction of sp³-hybridized carbons (Fsp3) is 0.368. The highest BCUT2D eigenvalue weighted by Gasteiger charge is 2.30. The molecule has 0 radical (unpaired) electrons. The van der Waals surface area contributed by atoms with Crippen LogP contribution >= 0.6 is 0 Å². The van der Waals surface area contributed by atoms with Gasteiger partial charge < -0.3 is 10.0 Å². The first-order valence-electron chi connectivity index (χ1n) is 7.90. The number of aryl methyl sites for hydroxylation is 3. The summed E-state index contributed by atoms with van der Waals surface area (Å²) in [7, 11) is 0. The molecule has 2 nitrogen and oxygen atoms in total. The molecule has 2 heteroatoms. The summed E-state index contributed by atoms with van der Waals surface area (Å²) in [6, 6.07) is 13.2. The third kappa shape index (κ3) is 2.10. The van der Waals surface area contributed by atoms with Crippen molar-refractivity contribution in [3.05, 3.63) is 58.7 Å². The molecule has 2 aromatic rings. The van der Waals surface area contributed by atoms with Crippen molar-refractivity contribution in [2.45, 2.75) is 38.6 Å². The van der Waals surface area contributed by atoms with Crippen molar-refractivity contribution in [3.63, 3.8) is 0 Å². The van der Waals surface area contributed by atoms with Crippen LogP contribution in [-0.4, -0.2) is 11.7 Å². The van der Waals surface area contributed by atoms with Crippen molar-refractivity contribution in [2.75, 3.05) is 11.4 Å². The Balaban J connectivity index is 1.74. The van der Waals surface area contributed by atoms with Crippen LogP contribution in [-0.2, 0) is 12.8 Å². The van der Waals surface area contributed by atoms with Gasteiger partial charge in [-0.2, -0.15) is 0 Å². The summed E-state index contributed by atoms with van der Waals surface area (Å²) in [5.41, 5.74) is 6.99. The topological polar surface area (TPSA) is 23.5 Å². The number of anilines is 1. The number of aromatic hydroxyl groups is 1. The highest BCUT2D eigenvalue weighted by molar-refractivity contribution is 5.59. The average molecular weight is 279 g/mol. The highest BCUT2D eigenvalue weighted by Crippen LogP contribution is 2.42. The maximum atomic E-state index is 9.67. The van der Waals surface area contributed by atoms with Crippen molar-refractivity contribution in [3.8, 4) is 5.75 Å². The van der Waals surface area contributed by atoms with Gasteiger partial charge in [0, 0.05) is 12.2 Å². The fourth-order valence-electron chi connectivity index (χ4n) is 3.98. The second-order valence-electron chi connectivity index (χ2n) is 6.37. The summed E-state index contributed by atoms with van der Waals surface area (Å²) in [6.07, 6.45) is 4.67. The minimum Gasteiger partial charge on any atom is -0.508 e. The van der Waals surface area contributed by atoms with Crippen LogP contribution in [0.15, 0.2) is 36.4 Å². The first-order valence-corrected chi connectivity index (χ1v) is 7.90. The largest absolute Gasteiger partial charge is 0.508 e. The van der Waals surface area contributed by atoms with Gasteiger partial charge >= 0.3 is 0 Å². The van der Waals surface area contributed by atoms with E-state index in [9.17, 15) is 5.11 Å². The Morgan fingerprint density at radius 2 is 1.95 bits per heavy atom. The molecular weight excluding hydrogens is 258 g/mol. The van der Waals surface area contributed by atoms with Crippen LogP contribution in [0.2, 0.25) is 0 Å². The molecular formula is C19H21NO. The van der Waals surface area contributed by atoms with Gasteiger partial charge in [-0.1, -0.05) is 23.8 Å². The summed E-state index contributed by atoms with van der Waals surface area (Å²) in [4.78, 5) is 2.58. The molecule has 0 saturated heterocycles. The SMILES string of the molecule is Cc1ccc2c(c1)CCCN2C1CCc2cc(O)ccc21.